The molecule has 0 bridgehead atoms. The van der Waals surface area contributed by atoms with Crippen molar-refractivity contribution in [2.45, 2.75) is 6.54 Å². The first kappa shape index (κ1) is 18.9. The second kappa shape index (κ2) is 7.99. The number of aromatic nitrogens is 3. The molecule has 6 nitrogen and oxygen atoms in total. The van der Waals surface area contributed by atoms with Crippen LogP contribution in [0.5, 0.6) is 11.5 Å². The van der Waals surface area contributed by atoms with E-state index in [0.29, 0.717) is 18.0 Å². The Morgan fingerprint density at radius 1 is 0.871 bits per heavy atom. The number of methoxy groups -OCH3 is 2. The summed E-state index contributed by atoms with van der Waals surface area (Å²) in [5.74, 6) is 2.15. The van der Waals surface area contributed by atoms with Crippen LogP contribution in [0.15, 0.2) is 83.6 Å². The fraction of sp³-hybridized carbons (Fsp3) is 0.120. The molecule has 31 heavy (non-hydrogen) atoms. The highest BCUT2D eigenvalue weighted by Crippen LogP contribution is 2.36. The second-order valence-corrected chi connectivity index (χ2v) is 7.16. The summed E-state index contributed by atoms with van der Waals surface area (Å²) in [5.41, 5.74) is 4.81. The molecule has 3 aromatic heterocycles. The molecule has 0 radical (unpaired) electrons. The Kier molecular flexibility index (Phi) is 4.88. The largest absolute Gasteiger partial charge is 0.493 e. The zero-order valence-electron chi connectivity index (χ0n) is 17.3. The van der Waals surface area contributed by atoms with Gasteiger partial charge in [0.1, 0.15) is 11.3 Å². The minimum atomic E-state index is 0.528. The number of fused-ring (bicyclic) bond motifs is 1. The summed E-state index contributed by atoms with van der Waals surface area (Å²) in [6.45, 7) is 0.528. The molecule has 0 atom stereocenters. The van der Waals surface area contributed by atoms with Gasteiger partial charge >= 0.3 is 0 Å². The van der Waals surface area contributed by atoms with Crippen LogP contribution in [0.25, 0.3) is 33.4 Å². The van der Waals surface area contributed by atoms with Gasteiger partial charge in [0, 0.05) is 35.0 Å². The number of ether oxygens (including phenoxy) is 2. The average Bonchev–Trinajstić information content (AvgIpc) is 3.45. The second-order valence-electron chi connectivity index (χ2n) is 7.16. The van der Waals surface area contributed by atoms with E-state index in [1.807, 2.05) is 60.7 Å². The lowest BCUT2D eigenvalue weighted by Gasteiger charge is -2.09. The van der Waals surface area contributed by atoms with E-state index in [1.54, 1.807) is 20.4 Å². The zero-order valence-corrected chi connectivity index (χ0v) is 17.3. The van der Waals surface area contributed by atoms with Gasteiger partial charge in [-0.3, -0.25) is 0 Å². The highest BCUT2D eigenvalue weighted by molar-refractivity contribution is 5.94. The molecule has 0 spiro atoms. The van der Waals surface area contributed by atoms with Gasteiger partial charge in [0.2, 0.25) is 0 Å². The van der Waals surface area contributed by atoms with Gasteiger partial charge in [0.25, 0.3) is 0 Å². The smallest absolute Gasteiger partial charge is 0.161 e. The van der Waals surface area contributed by atoms with Crippen LogP contribution < -0.4 is 9.47 Å². The molecule has 0 N–H and O–H groups in total. The van der Waals surface area contributed by atoms with Crippen molar-refractivity contribution >= 4 is 11.0 Å². The quantitative estimate of drug-likeness (QED) is 0.373. The Morgan fingerprint density at radius 2 is 1.71 bits per heavy atom. The third kappa shape index (κ3) is 3.53. The number of hydrogen-bond donors (Lipinski definition) is 0. The van der Waals surface area contributed by atoms with E-state index in [-0.39, 0.29) is 0 Å². The predicted molar refractivity (Wildman–Crippen MR) is 119 cm³/mol. The molecular weight excluding hydrogens is 390 g/mol. The fourth-order valence-electron chi connectivity index (χ4n) is 3.78. The summed E-state index contributed by atoms with van der Waals surface area (Å²) < 4.78 is 18.6. The van der Waals surface area contributed by atoms with E-state index < -0.39 is 0 Å². The van der Waals surface area contributed by atoms with E-state index in [4.69, 9.17) is 14.0 Å². The minimum Gasteiger partial charge on any atom is -0.493 e. The van der Waals surface area contributed by atoms with Crippen LogP contribution in [-0.2, 0) is 6.54 Å². The lowest BCUT2D eigenvalue weighted by Crippen LogP contribution is -1.97. The molecule has 0 unspecified atom stereocenters. The van der Waals surface area contributed by atoms with Crippen LogP contribution in [0.1, 0.15) is 5.76 Å². The standard InChI is InChI=1S/C25H21N3O3/c1-29-23-11-10-18(13-24(23)30-2)21-16-28(25-20(21)9-6-12-26-25)15-19-14-22(27-31-19)17-7-4-3-5-8-17/h3-14,16H,15H2,1-2H3. The third-order valence-electron chi connectivity index (χ3n) is 5.28. The number of rotatable bonds is 6. The van der Waals surface area contributed by atoms with E-state index in [9.17, 15) is 0 Å². The maximum atomic E-state index is 5.62. The van der Waals surface area contributed by atoms with Crippen molar-refractivity contribution in [2.24, 2.45) is 0 Å². The van der Waals surface area contributed by atoms with E-state index >= 15 is 0 Å². The van der Waals surface area contributed by atoms with E-state index in [0.717, 1.165) is 39.2 Å². The van der Waals surface area contributed by atoms with Crippen molar-refractivity contribution in [3.05, 3.63) is 84.9 Å². The lowest BCUT2D eigenvalue weighted by molar-refractivity contribution is 0.355. The number of pyridine rings is 1. The Hall–Kier alpha value is -4.06. The Balaban J connectivity index is 1.54. The molecule has 154 valence electrons. The van der Waals surface area contributed by atoms with Crippen molar-refractivity contribution in [1.29, 1.82) is 0 Å². The maximum absolute atomic E-state index is 5.62. The summed E-state index contributed by atoms with van der Waals surface area (Å²) in [6, 6.07) is 21.9. The van der Waals surface area contributed by atoms with Crippen LogP contribution in [0.2, 0.25) is 0 Å². The minimum absolute atomic E-state index is 0.528. The van der Waals surface area contributed by atoms with E-state index in [1.165, 1.54) is 0 Å². The van der Waals surface area contributed by atoms with Crippen molar-refractivity contribution in [3.8, 4) is 33.9 Å². The summed E-state index contributed by atoms with van der Waals surface area (Å²) >= 11 is 0. The fourth-order valence-corrected chi connectivity index (χ4v) is 3.78. The predicted octanol–water partition coefficient (Wildman–Crippen LogP) is 5.42. The monoisotopic (exact) mass is 411 g/mol. The first-order chi connectivity index (χ1) is 15.3. The maximum Gasteiger partial charge on any atom is 0.161 e. The molecule has 0 saturated carbocycles. The molecule has 0 saturated heterocycles. The average molecular weight is 411 g/mol. The zero-order chi connectivity index (χ0) is 21.2. The molecule has 0 aliphatic rings. The highest BCUT2D eigenvalue weighted by Gasteiger charge is 2.15. The van der Waals surface area contributed by atoms with Crippen LogP contribution in [-0.4, -0.2) is 28.9 Å². The summed E-state index contributed by atoms with van der Waals surface area (Å²) in [5, 5.41) is 5.28. The molecule has 0 aliphatic heterocycles. The Labute approximate surface area is 179 Å². The molecular formula is C25H21N3O3. The van der Waals surface area contributed by atoms with Crippen LogP contribution in [0, 0.1) is 0 Å². The van der Waals surface area contributed by atoms with Crippen LogP contribution >= 0.6 is 0 Å². The number of nitrogens with zero attached hydrogens (tertiary/aromatic N) is 3. The molecule has 5 rings (SSSR count). The van der Waals surface area contributed by atoms with Crippen molar-refractivity contribution in [3.63, 3.8) is 0 Å². The van der Waals surface area contributed by atoms with Crippen molar-refractivity contribution in [2.75, 3.05) is 14.2 Å². The Bertz CT molecular complexity index is 1340. The molecule has 0 amide bonds. The van der Waals surface area contributed by atoms with Crippen molar-refractivity contribution in [1.82, 2.24) is 14.7 Å². The summed E-state index contributed by atoms with van der Waals surface area (Å²) in [6.07, 6.45) is 3.89. The number of hydrogen-bond acceptors (Lipinski definition) is 5. The van der Waals surface area contributed by atoms with Gasteiger partial charge in [-0.1, -0.05) is 41.6 Å². The molecule has 2 aromatic carbocycles. The molecule has 0 fully saturated rings. The van der Waals surface area contributed by atoms with Gasteiger partial charge < -0.3 is 18.6 Å². The molecule has 6 heteroatoms. The highest BCUT2D eigenvalue weighted by atomic mass is 16.5. The first-order valence-corrected chi connectivity index (χ1v) is 9.94. The summed E-state index contributed by atoms with van der Waals surface area (Å²) in [4.78, 5) is 4.61. The van der Waals surface area contributed by atoms with Gasteiger partial charge in [0.05, 0.1) is 20.8 Å². The van der Waals surface area contributed by atoms with Gasteiger partial charge in [-0.15, -0.1) is 0 Å². The molecule has 5 aromatic rings. The number of benzene rings is 2. The lowest BCUT2D eigenvalue weighted by atomic mass is 10.1. The molecule has 3 heterocycles. The van der Waals surface area contributed by atoms with Gasteiger partial charge in [0.15, 0.2) is 17.3 Å². The first-order valence-electron chi connectivity index (χ1n) is 9.94. The van der Waals surface area contributed by atoms with E-state index in [2.05, 4.69) is 27.0 Å². The third-order valence-corrected chi connectivity index (χ3v) is 5.28. The normalized spacial score (nSPS) is 11.0. The molecule has 0 aliphatic carbocycles. The van der Waals surface area contributed by atoms with Gasteiger partial charge in [-0.25, -0.2) is 4.98 Å². The SMILES string of the molecule is COc1ccc(-c2cn(Cc3cc(-c4ccccc4)no3)c3ncccc23)cc1OC. The Morgan fingerprint density at radius 3 is 2.52 bits per heavy atom. The van der Waals surface area contributed by atoms with Crippen LogP contribution in [0.4, 0.5) is 0 Å². The van der Waals surface area contributed by atoms with Crippen LogP contribution in [0.3, 0.4) is 0 Å². The summed E-state index contributed by atoms with van der Waals surface area (Å²) in [7, 11) is 3.27. The topological polar surface area (TPSA) is 62.3 Å². The van der Waals surface area contributed by atoms with Gasteiger partial charge in [-0.2, -0.15) is 0 Å². The van der Waals surface area contributed by atoms with Gasteiger partial charge in [-0.05, 0) is 29.8 Å². The van der Waals surface area contributed by atoms with Crippen molar-refractivity contribution < 1.29 is 14.0 Å².